The van der Waals surface area contributed by atoms with Gasteiger partial charge >= 0.3 is 82.2 Å². The van der Waals surface area contributed by atoms with Crippen molar-refractivity contribution < 1.29 is 98.2 Å². The Balaban J connectivity index is -0.00000000800. The SMILES string of the molecule is O.O.O=[Si]([O-])[O-].O=[Si]([O-])[O-].[Mg+2].[Na+].[Na+]. The smallest absolute Gasteiger partial charge is 0.672 e. The van der Waals surface area contributed by atoms with Gasteiger partial charge in [0.15, 0.2) is 0 Å². The Morgan fingerprint density at radius 3 is 0.692 bits per heavy atom. The van der Waals surface area contributed by atoms with Gasteiger partial charge in [0.1, 0.15) is 0 Å². The molecule has 0 saturated heterocycles. The summed E-state index contributed by atoms with van der Waals surface area (Å²) in [7, 11) is -7.26. The van der Waals surface area contributed by atoms with Crippen molar-refractivity contribution in [3.63, 3.8) is 0 Å². The Hall–Kier alpha value is 1.92. The summed E-state index contributed by atoms with van der Waals surface area (Å²) in [4.78, 5) is 34.1. The summed E-state index contributed by atoms with van der Waals surface area (Å²) in [5.41, 5.74) is 0. The standard InChI is InChI=1S/Mg.2Na.2O3Si.2H2O/c;;;2*1-4(2)3;;/h;;;;;2*1H2/q+2;2*+1;2*-2;;. The van der Waals surface area contributed by atoms with Crippen LogP contribution in [0.15, 0.2) is 0 Å². The monoisotopic (exact) mass is 258 g/mol. The fraction of sp³-hybridized carbons (Fsp3) is 0. The molecule has 0 aromatic carbocycles. The normalized spacial score (nSPS) is 3.69. The largest absolute Gasteiger partial charge is 2.00 e. The van der Waals surface area contributed by atoms with Gasteiger partial charge in [-0.2, -0.15) is 0 Å². The van der Waals surface area contributed by atoms with Crippen molar-refractivity contribution in [1.82, 2.24) is 0 Å². The van der Waals surface area contributed by atoms with Gasteiger partial charge in [0.25, 0.3) is 0 Å². The summed E-state index contributed by atoms with van der Waals surface area (Å²) in [6.07, 6.45) is 0. The molecule has 0 amide bonds. The Kier molecular flexibility index (Phi) is 131. The van der Waals surface area contributed by atoms with Gasteiger partial charge in [0.05, 0.1) is 0 Å². The minimum absolute atomic E-state index is 0. The molecule has 0 aromatic heterocycles. The first-order valence-corrected chi connectivity index (χ1v) is 3.67. The van der Waals surface area contributed by atoms with E-state index in [1.165, 1.54) is 0 Å². The van der Waals surface area contributed by atoms with E-state index in [0.717, 1.165) is 0 Å². The van der Waals surface area contributed by atoms with E-state index in [1.54, 1.807) is 0 Å². The molecule has 0 atom stereocenters. The van der Waals surface area contributed by atoms with E-state index in [-0.39, 0.29) is 93.1 Å². The van der Waals surface area contributed by atoms with Crippen molar-refractivity contribution in [2.75, 3.05) is 0 Å². The quantitative estimate of drug-likeness (QED) is 0.387. The molecule has 0 unspecified atom stereocenters. The van der Waals surface area contributed by atoms with E-state index < -0.39 is 18.3 Å². The summed E-state index contributed by atoms with van der Waals surface area (Å²) in [6, 6.07) is 0. The second kappa shape index (κ2) is 37.0. The summed E-state index contributed by atoms with van der Waals surface area (Å²) in [5.74, 6) is 0. The molecular weight excluding hydrogens is 254 g/mol. The summed E-state index contributed by atoms with van der Waals surface area (Å²) < 4.78 is 17.0. The van der Waals surface area contributed by atoms with Crippen LogP contribution in [0.2, 0.25) is 0 Å². The molecule has 64 valence electrons. The molecule has 13 heavy (non-hydrogen) atoms. The minimum atomic E-state index is -3.63. The molecule has 13 heteroatoms. The Morgan fingerprint density at radius 1 is 0.692 bits per heavy atom. The van der Waals surface area contributed by atoms with Crippen molar-refractivity contribution >= 4 is 41.4 Å². The van der Waals surface area contributed by atoms with Crippen molar-refractivity contribution in [3.05, 3.63) is 0 Å². The van der Waals surface area contributed by atoms with E-state index in [9.17, 15) is 0 Å². The molecule has 4 N–H and O–H groups in total. The summed E-state index contributed by atoms with van der Waals surface area (Å²) >= 11 is 0. The fourth-order valence-electron chi connectivity index (χ4n) is 0. The molecule has 0 rings (SSSR count). The molecule has 0 bridgehead atoms. The predicted molar refractivity (Wildman–Crippen MR) is 25.9 cm³/mol. The zero-order chi connectivity index (χ0) is 7.15. The van der Waals surface area contributed by atoms with Gasteiger partial charge in [-0.1, -0.05) is 0 Å². The summed E-state index contributed by atoms with van der Waals surface area (Å²) in [6.45, 7) is 0. The molecule has 0 spiro atoms. The van der Waals surface area contributed by atoms with Crippen LogP contribution in [0.1, 0.15) is 0 Å². The molecule has 0 aliphatic carbocycles. The first-order valence-electron chi connectivity index (χ1n) is 1.22. The second-order valence-electron chi connectivity index (χ2n) is 0.500. The van der Waals surface area contributed by atoms with E-state index in [0.29, 0.717) is 0 Å². The Bertz CT molecular complexity index is 78.1. The van der Waals surface area contributed by atoms with E-state index >= 15 is 0 Å². The van der Waals surface area contributed by atoms with E-state index in [2.05, 4.69) is 0 Å². The molecule has 8 nitrogen and oxygen atoms in total. The zero-order valence-electron chi connectivity index (χ0n) is 7.16. The maximum atomic E-state index is 8.52. The molecule has 0 fully saturated rings. The third-order valence-electron chi connectivity index (χ3n) is 0. The van der Waals surface area contributed by atoms with E-state index in [4.69, 9.17) is 28.1 Å². The van der Waals surface area contributed by atoms with Crippen molar-refractivity contribution in [2.24, 2.45) is 0 Å². The predicted octanol–water partition coefficient (Wildman–Crippen LogP) is -13.8. The van der Waals surface area contributed by atoms with E-state index in [1.807, 2.05) is 0 Å². The second-order valence-corrected chi connectivity index (χ2v) is 1.50. The van der Waals surface area contributed by atoms with Gasteiger partial charge in [0, 0.05) is 18.3 Å². The number of rotatable bonds is 0. The van der Waals surface area contributed by atoms with Gasteiger partial charge in [-0.3, -0.25) is 0 Å². The van der Waals surface area contributed by atoms with Gasteiger partial charge in [-0.05, 0) is 0 Å². The van der Waals surface area contributed by atoms with Crippen LogP contribution in [0.3, 0.4) is 0 Å². The van der Waals surface area contributed by atoms with Crippen LogP contribution in [0.4, 0.5) is 0 Å². The van der Waals surface area contributed by atoms with Crippen molar-refractivity contribution in [2.45, 2.75) is 0 Å². The molecular formula is H4MgNa2O8Si2. The average molecular weight is 258 g/mol. The maximum Gasteiger partial charge on any atom is 2.00 e. The van der Waals surface area contributed by atoms with Crippen molar-refractivity contribution in [1.29, 1.82) is 0 Å². The average Bonchev–Trinajstić information content (AvgIpc) is 1.25. The molecule has 0 saturated carbocycles. The van der Waals surface area contributed by atoms with Crippen LogP contribution >= 0.6 is 0 Å². The maximum absolute atomic E-state index is 8.52. The Labute approximate surface area is 138 Å². The fourth-order valence-corrected chi connectivity index (χ4v) is 0. The van der Waals surface area contributed by atoms with Crippen LogP contribution < -0.4 is 78.3 Å². The minimum Gasteiger partial charge on any atom is -0.672 e. The number of hydrogen-bond acceptors (Lipinski definition) is 6. The van der Waals surface area contributed by atoms with Gasteiger partial charge in [-0.25, -0.2) is 0 Å². The third kappa shape index (κ3) is 537. The van der Waals surface area contributed by atoms with Crippen LogP contribution in [0.25, 0.3) is 0 Å². The van der Waals surface area contributed by atoms with Gasteiger partial charge < -0.3 is 39.1 Å². The molecule has 0 aliphatic rings. The Morgan fingerprint density at radius 2 is 0.692 bits per heavy atom. The zero-order valence-corrected chi connectivity index (χ0v) is 14.6. The molecule has 0 aliphatic heterocycles. The summed E-state index contributed by atoms with van der Waals surface area (Å²) in [5, 5.41) is 0. The molecule has 0 radical (unpaired) electrons. The topological polar surface area (TPSA) is 189 Å². The van der Waals surface area contributed by atoms with Gasteiger partial charge in [0.2, 0.25) is 0 Å². The van der Waals surface area contributed by atoms with Crippen LogP contribution in [0, 0.1) is 0 Å². The molecule has 0 aromatic rings. The van der Waals surface area contributed by atoms with Crippen LogP contribution in [0.5, 0.6) is 0 Å². The van der Waals surface area contributed by atoms with Crippen LogP contribution in [-0.2, 0) is 8.92 Å². The first kappa shape index (κ1) is 46.1. The number of hydrogen-bond donors (Lipinski definition) is 0. The molecule has 0 heterocycles. The third-order valence-corrected chi connectivity index (χ3v) is 0. The van der Waals surface area contributed by atoms with Crippen molar-refractivity contribution in [3.8, 4) is 0 Å². The first-order chi connectivity index (χ1) is 3.46. The van der Waals surface area contributed by atoms with Gasteiger partial charge in [-0.15, -0.1) is 0 Å². The van der Waals surface area contributed by atoms with Crippen LogP contribution in [-0.4, -0.2) is 52.3 Å².